The van der Waals surface area contributed by atoms with E-state index in [4.69, 9.17) is 13.9 Å². The largest absolute Gasteiger partial charge is 0.497 e. The number of hydrogen-bond acceptors (Lipinski definition) is 5. The summed E-state index contributed by atoms with van der Waals surface area (Å²) in [6.45, 7) is 4.19. The van der Waals surface area contributed by atoms with Gasteiger partial charge in [-0.1, -0.05) is 6.07 Å². The van der Waals surface area contributed by atoms with Crippen LogP contribution in [0, 0.1) is 0 Å². The quantitative estimate of drug-likeness (QED) is 0.722. The Bertz CT molecular complexity index is 956. The van der Waals surface area contributed by atoms with Crippen molar-refractivity contribution in [1.82, 2.24) is 4.90 Å². The van der Waals surface area contributed by atoms with Gasteiger partial charge >= 0.3 is 0 Å². The van der Waals surface area contributed by atoms with Gasteiger partial charge in [-0.15, -0.1) is 0 Å². The van der Waals surface area contributed by atoms with E-state index in [0.717, 1.165) is 49.7 Å². The third kappa shape index (κ3) is 3.49. The van der Waals surface area contributed by atoms with Crippen molar-refractivity contribution in [3.63, 3.8) is 0 Å². The molecule has 5 nitrogen and oxygen atoms in total. The Kier molecular flexibility index (Phi) is 4.73. The number of hydrogen-bond donors (Lipinski definition) is 0. The van der Waals surface area contributed by atoms with Crippen LogP contribution in [0.1, 0.15) is 5.56 Å². The zero-order valence-corrected chi connectivity index (χ0v) is 14.7. The van der Waals surface area contributed by atoms with Gasteiger partial charge in [0.05, 0.1) is 25.7 Å². The zero-order chi connectivity index (χ0) is 17.9. The molecule has 0 bridgehead atoms. The lowest BCUT2D eigenvalue weighted by molar-refractivity contribution is 0.0342. The van der Waals surface area contributed by atoms with Gasteiger partial charge in [-0.2, -0.15) is 0 Å². The number of fused-ring (bicyclic) bond motifs is 1. The molecule has 1 aromatic heterocycles. The molecule has 2 heterocycles. The van der Waals surface area contributed by atoms with Crippen molar-refractivity contribution >= 4 is 11.0 Å². The Balaban J connectivity index is 1.64. The van der Waals surface area contributed by atoms with E-state index in [1.807, 2.05) is 42.5 Å². The van der Waals surface area contributed by atoms with E-state index in [0.29, 0.717) is 16.7 Å². The van der Waals surface area contributed by atoms with Gasteiger partial charge in [0.15, 0.2) is 5.43 Å². The Hall–Kier alpha value is -2.63. The van der Waals surface area contributed by atoms with Crippen molar-refractivity contribution < 1.29 is 13.9 Å². The molecule has 4 rings (SSSR count). The van der Waals surface area contributed by atoms with Crippen molar-refractivity contribution in [1.29, 1.82) is 0 Å². The van der Waals surface area contributed by atoms with Crippen molar-refractivity contribution in [3.05, 3.63) is 64.3 Å². The first-order valence-corrected chi connectivity index (χ1v) is 8.74. The SMILES string of the molecule is COc1ccc(-c2cc(=O)c3cc(CN4CCOCC4)ccc3o2)cc1. The predicted molar refractivity (Wildman–Crippen MR) is 101 cm³/mol. The maximum absolute atomic E-state index is 12.6. The fourth-order valence-electron chi connectivity index (χ4n) is 3.22. The van der Waals surface area contributed by atoms with Gasteiger partial charge in [0.25, 0.3) is 0 Å². The Morgan fingerprint density at radius 3 is 2.54 bits per heavy atom. The minimum Gasteiger partial charge on any atom is -0.497 e. The molecule has 0 amide bonds. The Morgan fingerprint density at radius 2 is 1.81 bits per heavy atom. The van der Waals surface area contributed by atoms with E-state index < -0.39 is 0 Å². The molecule has 26 heavy (non-hydrogen) atoms. The summed E-state index contributed by atoms with van der Waals surface area (Å²) in [5, 5.41) is 0.619. The van der Waals surface area contributed by atoms with Crippen molar-refractivity contribution in [2.45, 2.75) is 6.54 Å². The highest BCUT2D eigenvalue weighted by Crippen LogP contribution is 2.25. The average Bonchev–Trinajstić information content (AvgIpc) is 2.69. The number of ether oxygens (including phenoxy) is 2. The highest BCUT2D eigenvalue weighted by molar-refractivity contribution is 5.79. The minimum absolute atomic E-state index is 0.0269. The van der Waals surface area contributed by atoms with E-state index in [1.54, 1.807) is 13.2 Å². The second-order valence-electron chi connectivity index (χ2n) is 6.42. The van der Waals surface area contributed by atoms with Crippen LogP contribution in [0.3, 0.4) is 0 Å². The van der Waals surface area contributed by atoms with Crippen LogP contribution in [-0.2, 0) is 11.3 Å². The summed E-state index contributed by atoms with van der Waals surface area (Å²) in [5.41, 5.74) is 2.54. The van der Waals surface area contributed by atoms with Gasteiger partial charge in [0, 0.05) is 31.3 Å². The molecule has 1 aliphatic rings. The molecule has 2 aromatic carbocycles. The van der Waals surface area contributed by atoms with Crippen LogP contribution < -0.4 is 10.2 Å². The lowest BCUT2D eigenvalue weighted by atomic mass is 10.1. The summed E-state index contributed by atoms with van der Waals surface area (Å²) in [6.07, 6.45) is 0. The Labute approximate surface area is 151 Å². The van der Waals surface area contributed by atoms with Gasteiger partial charge in [-0.05, 0) is 42.0 Å². The van der Waals surface area contributed by atoms with Gasteiger partial charge in [0.2, 0.25) is 0 Å². The summed E-state index contributed by atoms with van der Waals surface area (Å²) in [4.78, 5) is 15.0. The van der Waals surface area contributed by atoms with Crippen molar-refractivity contribution in [2.75, 3.05) is 33.4 Å². The van der Waals surface area contributed by atoms with Crippen molar-refractivity contribution in [2.24, 2.45) is 0 Å². The molecule has 0 spiro atoms. The molecule has 0 N–H and O–H groups in total. The van der Waals surface area contributed by atoms with Crippen LogP contribution in [-0.4, -0.2) is 38.3 Å². The first-order valence-electron chi connectivity index (χ1n) is 8.74. The fraction of sp³-hybridized carbons (Fsp3) is 0.286. The zero-order valence-electron chi connectivity index (χ0n) is 14.7. The molecule has 0 aliphatic carbocycles. The molecule has 1 fully saturated rings. The third-order valence-corrected chi connectivity index (χ3v) is 4.68. The monoisotopic (exact) mass is 351 g/mol. The molecular formula is C21H21NO4. The summed E-state index contributed by atoms with van der Waals surface area (Å²) >= 11 is 0. The summed E-state index contributed by atoms with van der Waals surface area (Å²) in [5.74, 6) is 1.33. The first-order chi connectivity index (χ1) is 12.7. The van der Waals surface area contributed by atoms with Crippen LogP contribution in [0.2, 0.25) is 0 Å². The molecule has 5 heteroatoms. The molecule has 1 aliphatic heterocycles. The van der Waals surface area contributed by atoms with Crippen LogP contribution in [0.25, 0.3) is 22.3 Å². The topological polar surface area (TPSA) is 51.9 Å². The van der Waals surface area contributed by atoms with Crippen LogP contribution in [0.15, 0.2) is 57.7 Å². The normalized spacial score (nSPS) is 15.3. The molecule has 0 saturated carbocycles. The average molecular weight is 351 g/mol. The summed E-state index contributed by atoms with van der Waals surface area (Å²) < 4.78 is 16.5. The second kappa shape index (κ2) is 7.32. The van der Waals surface area contributed by atoms with Crippen LogP contribution in [0.4, 0.5) is 0 Å². The maximum Gasteiger partial charge on any atom is 0.193 e. The molecular weight excluding hydrogens is 330 g/mol. The third-order valence-electron chi connectivity index (χ3n) is 4.68. The van der Waals surface area contributed by atoms with Gasteiger partial charge in [-0.3, -0.25) is 9.69 Å². The molecule has 0 atom stereocenters. The smallest absolute Gasteiger partial charge is 0.193 e. The number of methoxy groups -OCH3 is 1. The Morgan fingerprint density at radius 1 is 1.04 bits per heavy atom. The van der Waals surface area contributed by atoms with Gasteiger partial charge in [0.1, 0.15) is 17.1 Å². The highest BCUT2D eigenvalue weighted by Gasteiger charge is 2.12. The molecule has 3 aromatic rings. The summed E-state index contributed by atoms with van der Waals surface area (Å²) in [6, 6.07) is 14.9. The molecule has 134 valence electrons. The molecule has 1 saturated heterocycles. The lowest BCUT2D eigenvalue weighted by Gasteiger charge is -2.26. The number of morpholine rings is 1. The van der Waals surface area contributed by atoms with E-state index >= 15 is 0 Å². The number of benzene rings is 2. The number of nitrogens with zero attached hydrogens (tertiary/aromatic N) is 1. The van der Waals surface area contributed by atoms with Crippen LogP contribution >= 0.6 is 0 Å². The van der Waals surface area contributed by atoms with Crippen molar-refractivity contribution in [3.8, 4) is 17.1 Å². The van der Waals surface area contributed by atoms with E-state index in [9.17, 15) is 4.79 Å². The second-order valence-corrected chi connectivity index (χ2v) is 6.42. The fourth-order valence-corrected chi connectivity index (χ4v) is 3.22. The highest BCUT2D eigenvalue weighted by atomic mass is 16.5. The van der Waals surface area contributed by atoms with Gasteiger partial charge < -0.3 is 13.9 Å². The van der Waals surface area contributed by atoms with E-state index in [2.05, 4.69) is 4.90 Å². The lowest BCUT2D eigenvalue weighted by Crippen LogP contribution is -2.35. The molecule has 0 unspecified atom stereocenters. The van der Waals surface area contributed by atoms with E-state index in [-0.39, 0.29) is 5.43 Å². The van der Waals surface area contributed by atoms with Crippen LogP contribution in [0.5, 0.6) is 5.75 Å². The van der Waals surface area contributed by atoms with Gasteiger partial charge in [-0.25, -0.2) is 0 Å². The maximum atomic E-state index is 12.6. The van der Waals surface area contributed by atoms with E-state index in [1.165, 1.54) is 0 Å². The first kappa shape index (κ1) is 16.8. The molecule has 0 radical (unpaired) electrons. The standard InChI is InChI=1S/C21H21NO4/c1-24-17-5-3-16(4-6-17)21-13-19(23)18-12-15(2-7-20(18)26-21)14-22-8-10-25-11-9-22/h2-7,12-13H,8-11,14H2,1H3. The summed E-state index contributed by atoms with van der Waals surface area (Å²) in [7, 11) is 1.62. The predicted octanol–water partition coefficient (Wildman–Crippen LogP) is 3.30. The minimum atomic E-state index is -0.0269. The number of rotatable bonds is 4.